The summed E-state index contributed by atoms with van der Waals surface area (Å²) in [5, 5.41) is 9.96. The van der Waals surface area contributed by atoms with Crippen LogP contribution < -0.4 is 9.64 Å². The zero-order chi connectivity index (χ0) is 26.3. The molecule has 0 aliphatic carbocycles. The molecule has 1 aliphatic rings. The van der Waals surface area contributed by atoms with Gasteiger partial charge in [0.05, 0.1) is 36.7 Å². The molecule has 1 aromatic rings. The molecule has 9 nitrogen and oxygen atoms in total. The van der Waals surface area contributed by atoms with Crippen molar-refractivity contribution in [3.05, 3.63) is 23.8 Å². The van der Waals surface area contributed by atoms with Gasteiger partial charge in [0.15, 0.2) is 0 Å². The number of amides is 1. The first-order chi connectivity index (χ1) is 16.3. The lowest BCUT2D eigenvalue weighted by molar-refractivity contribution is -0.00828. The topological polar surface area (TPSA) is 99.6 Å². The third kappa shape index (κ3) is 8.34. The number of carbonyl (C=O) groups is 1. The number of nitrogens with zero attached hydrogens (tertiary/aromatic N) is 3. The van der Waals surface area contributed by atoms with Crippen molar-refractivity contribution < 1.29 is 27.8 Å². The van der Waals surface area contributed by atoms with Gasteiger partial charge in [-0.15, -0.1) is 0 Å². The number of ether oxygens (including phenoxy) is 2. The molecule has 0 saturated carbocycles. The molecule has 1 heterocycles. The second kappa shape index (κ2) is 12.9. The Labute approximate surface area is 211 Å². The zero-order valence-electron chi connectivity index (χ0n) is 22.2. The average Bonchev–Trinajstić information content (AvgIpc) is 2.79. The van der Waals surface area contributed by atoms with Gasteiger partial charge in [-0.3, -0.25) is 4.79 Å². The summed E-state index contributed by atoms with van der Waals surface area (Å²) in [7, 11) is 1.98. The maximum absolute atomic E-state index is 13.9. The molecule has 0 spiro atoms. The lowest BCUT2D eigenvalue weighted by atomic mass is 10.0. The highest BCUT2D eigenvalue weighted by Crippen LogP contribution is 2.29. The van der Waals surface area contributed by atoms with Crippen LogP contribution in [0.4, 0.5) is 5.69 Å². The van der Waals surface area contributed by atoms with E-state index in [0.717, 1.165) is 24.9 Å². The molecule has 2 rings (SSSR count). The minimum absolute atomic E-state index is 0.0931. The van der Waals surface area contributed by atoms with Gasteiger partial charge >= 0.3 is 0 Å². The van der Waals surface area contributed by atoms with E-state index in [0.29, 0.717) is 24.5 Å². The summed E-state index contributed by atoms with van der Waals surface area (Å²) >= 11 is 0. The highest BCUT2D eigenvalue weighted by atomic mass is 32.2. The summed E-state index contributed by atoms with van der Waals surface area (Å²) in [5.41, 5.74) is 1.31. The minimum Gasteiger partial charge on any atom is -0.490 e. The number of rotatable bonds is 6. The van der Waals surface area contributed by atoms with Gasteiger partial charge in [-0.25, -0.2) is 12.7 Å². The van der Waals surface area contributed by atoms with Crippen LogP contribution in [0.1, 0.15) is 50.4 Å². The van der Waals surface area contributed by atoms with E-state index >= 15 is 0 Å². The highest BCUT2D eigenvalue weighted by Gasteiger charge is 2.31. The average molecular weight is 514 g/mol. The van der Waals surface area contributed by atoms with Gasteiger partial charge in [0.1, 0.15) is 5.75 Å². The second-order valence-corrected chi connectivity index (χ2v) is 12.0. The first-order valence-corrected chi connectivity index (χ1v) is 14.1. The number of hydrogen-bond donors (Lipinski definition) is 1. The number of anilines is 1. The van der Waals surface area contributed by atoms with Crippen LogP contribution >= 0.6 is 0 Å². The summed E-state index contributed by atoms with van der Waals surface area (Å²) in [6.45, 7) is 6.51. The largest absolute Gasteiger partial charge is 0.490 e. The van der Waals surface area contributed by atoms with Crippen LogP contribution in [0.15, 0.2) is 18.2 Å². The fourth-order valence-electron chi connectivity index (χ4n) is 4.04. The van der Waals surface area contributed by atoms with Crippen LogP contribution in [-0.4, -0.2) is 101 Å². The second-order valence-electron chi connectivity index (χ2n) is 9.92. The van der Waals surface area contributed by atoms with E-state index in [2.05, 4.69) is 0 Å². The summed E-state index contributed by atoms with van der Waals surface area (Å²) in [6.07, 6.45) is 3.18. The number of fused-ring (bicyclic) bond motifs is 1. The third-order valence-corrected chi connectivity index (χ3v) is 7.84. The fraction of sp³-hybridized carbons (Fsp3) is 0.720. The number of aliphatic hydroxyl groups is 1. The van der Waals surface area contributed by atoms with E-state index in [-0.39, 0.29) is 31.1 Å². The number of likely N-dealkylation sites (N-methyl/N-ethyl adjacent to an activating group) is 1. The van der Waals surface area contributed by atoms with E-state index in [1.54, 1.807) is 11.8 Å². The Kier molecular flexibility index (Phi) is 10.8. The van der Waals surface area contributed by atoms with E-state index < -0.39 is 22.2 Å². The zero-order valence-corrected chi connectivity index (χ0v) is 23.0. The number of benzene rings is 1. The Balaban J connectivity index is 2.49. The smallest absolute Gasteiger partial charge is 0.258 e. The standard InChI is InChI=1S/C25H43N3O6S/c1-18-15-28(19(2)17-29)25(30)22-14-21(26(4)5)11-12-23(22)34-20(3)10-8-9-13-33-24(18)16-27(6)35(7,31)32/h11-12,14,18-20,24,29H,8-10,13,15-17H2,1-7H3/t18-,19-,20-,24-/m0/s1. The molecule has 0 radical (unpaired) electrons. The molecular weight excluding hydrogens is 470 g/mol. The van der Waals surface area contributed by atoms with Crippen LogP contribution in [-0.2, 0) is 14.8 Å². The lowest BCUT2D eigenvalue weighted by Gasteiger charge is -2.35. The van der Waals surface area contributed by atoms with E-state index in [9.17, 15) is 18.3 Å². The van der Waals surface area contributed by atoms with Crippen LogP contribution in [0.5, 0.6) is 5.75 Å². The summed E-state index contributed by atoms with van der Waals surface area (Å²) in [4.78, 5) is 17.5. The molecule has 0 fully saturated rings. The first kappa shape index (κ1) is 29.4. The molecule has 0 aromatic heterocycles. The molecule has 35 heavy (non-hydrogen) atoms. The molecule has 4 atom stereocenters. The van der Waals surface area contributed by atoms with Crippen LogP contribution in [0, 0.1) is 5.92 Å². The SMILES string of the molecule is C[C@H]1CCCCO[C@@H](CN(C)S(C)(=O)=O)[C@@H](C)CN([C@@H](C)CO)C(=O)c2cc(N(C)C)ccc2O1. The lowest BCUT2D eigenvalue weighted by Crippen LogP contribution is -2.47. The van der Waals surface area contributed by atoms with Gasteiger partial charge in [0, 0.05) is 52.4 Å². The molecule has 0 bridgehead atoms. The van der Waals surface area contributed by atoms with Gasteiger partial charge in [-0.1, -0.05) is 6.92 Å². The van der Waals surface area contributed by atoms with E-state index in [1.807, 2.05) is 51.0 Å². The van der Waals surface area contributed by atoms with Crippen molar-refractivity contribution in [1.82, 2.24) is 9.21 Å². The number of aliphatic hydroxyl groups excluding tert-OH is 1. The van der Waals surface area contributed by atoms with E-state index in [1.165, 1.54) is 17.6 Å². The molecular formula is C25H43N3O6S. The van der Waals surface area contributed by atoms with Crippen molar-refractivity contribution in [3.8, 4) is 5.75 Å². The van der Waals surface area contributed by atoms with Crippen molar-refractivity contribution >= 4 is 21.6 Å². The monoisotopic (exact) mass is 513 g/mol. The van der Waals surface area contributed by atoms with Crippen molar-refractivity contribution in [2.24, 2.45) is 5.92 Å². The Bertz CT molecular complexity index is 939. The number of carbonyl (C=O) groups excluding carboxylic acids is 1. The van der Waals surface area contributed by atoms with Gasteiger partial charge in [-0.2, -0.15) is 0 Å². The Hall–Kier alpha value is -1.88. The molecule has 1 aliphatic heterocycles. The summed E-state index contributed by atoms with van der Waals surface area (Å²) in [5.74, 6) is 0.106. The van der Waals surface area contributed by atoms with Gasteiger partial charge in [0.2, 0.25) is 10.0 Å². The van der Waals surface area contributed by atoms with E-state index in [4.69, 9.17) is 9.47 Å². The Morgan fingerprint density at radius 1 is 1.20 bits per heavy atom. The van der Waals surface area contributed by atoms with Crippen molar-refractivity contribution in [2.75, 3.05) is 58.6 Å². The Morgan fingerprint density at radius 3 is 2.49 bits per heavy atom. The normalized spacial score (nSPS) is 23.9. The molecule has 1 N–H and O–H groups in total. The summed E-state index contributed by atoms with van der Waals surface area (Å²) < 4.78 is 37.8. The predicted molar refractivity (Wildman–Crippen MR) is 139 cm³/mol. The number of sulfonamides is 1. The molecule has 0 saturated heterocycles. The van der Waals surface area contributed by atoms with Gasteiger partial charge < -0.3 is 24.4 Å². The van der Waals surface area contributed by atoms with Crippen molar-refractivity contribution in [1.29, 1.82) is 0 Å². The first-order valence-electron chi connectivity index (χ1n) is 12.3. The molecule has 1 aromatic carbocycles. The van der Waals surface area contributed by atoms with Crippen LogP contribution in [0.3, 0.4) is 0 Å². The van der Waals surface area contributed by atoms with Crippen molar-refractivity contribution in [3.63, 3.8) is 0 Å². The van der Waals surface area contributed by atoms with Crippen LogP contribution in [0.25, 0.3) is 0 Å². The van der Waals surface area contributed by atoms with Crippen LogP contribution in [0.2, 0.25) is 0 Å². The predicted octanol–water partition coefficient (Wildman–Crippen LogP) is 2.44. The maximum Gasteiger partial charge on any atom is 0.258 e. The molecule has 1 amide bonds. The van der Waals surface area contributed by atoms with Crippen molar-refractivity contribution in [2.45, 2.75) is 58.3 Å². The summed E-state index contributed by atoms with van der Waals surface area (Å²) in [6, 6.07) is 5.14. The maximum atomic E-state index is 13.9. The minimum atomic E-state index is -3.38. The third-order valence-electron chi connectivity index (χ3n) is 6.55. The van der Waals surface area contributed by atoms with Gasteiger partial charge in [-0.05, 0) is 51.3 Å². The molecule has 0 unspecified atom stereocenters. The fourth-order valence-corrected chi connectivity index (χ4v) is 4.46. The highest BCUT2D eigenvalue weighted by molar-refractivity contribution is 7.88. The molecule has 10 heteroatoms. The Morgan fingerprint density at radius 2 is 1.89 bits per heavy atom. The quantitative estimate of drug-likeness (QED) is 0.624. The molecule has 200 valence electrons. The number of hydrogen-bond acceptors (Lipinski definition) is 7. The van der Waals surface area contributed by atoms with Gasteiger partial charge in [0.25, 0.3) is 5.91 Å².